The van der Waals surface area contributed by atoms with Crippen molar-refractivity contribution < 1.29 is 14.0 Å². The van der Waals surface area contributed by atoms with Crippen LogP contribution in [0.4, 0.5) is 4.79 Å². The van der Waals surface area contributed by atoms with Crippen LogP contribution in [-0.2, 0) is 11.8 Å². The number of thioether (sulfide) groups is 1. The molecule has 0 radical (unpaired) electrons. The van der Waals surface area contributed by atoms with E-state index in [1.165, 1.54) is 18.8 Å². The molecule has 1 atom stereocenters. The lowest BCUT2D eigenvalue weighted by molar-refractivity contribution is -0.119. The number of hydrogen-bond acceptors (Lipinski definition) is 6. The first-order valence-corrected chi connectivity index (χ1v) is 7.45. The minimum absolute atomic E-state index is 0.395. The van der Waals surface area contributed by atoms with Crippen molar-refractivity contribution in [1.82, 2.24) is 25.4 Å². The van der Waals surface area contributed by atoms with Crippen molar-refractivity contribution in [2.75, 3.05) is 7.05 Å². The highest BCUT2D eigenvalue weighted by atomic mass is 32.2. The maximum absolute atomic E-state index is 11.9. The van der Waals surface area contributed by atoms with Gasteiger partial charge in [-0.05, 0) is 19.9 Å². The summed E-state index contributed by atoms with van der Waals surface area (Å²) < 4.78 is 7.05. The SMILES string of the molecule is CNC(=O)NC(=O)[C@H](C)Sc1nnc(-c2ccoc2C)n1C. The third-order valence-electron chi connectivity index (χ3n) is 3.05. The molecule has 2 rings (SSSR count). The van der Waals surface area contributed by atoms with Crippen LogP contribution in [0.15, 0.2) is 21.9 Å². The average molecular weight is 323 g/mol. The molecule has 118 valence electrons. The van der Waals surface area contributed by atoms with Crippen LogP contribution in [0.5, 0.6) is 0 Å². The molecule has 22 heavy (non-hydrogen) atoms. The maximum atomic E-state index is 11.9. The van der Waals surface area contributed by atoms with Crippen LogP contribution in [0.25, 0.3) is 11.4 Å². The van der Waals surface area contributed by atoms with Gasteiger partial charge in [-0.3, -0.25) is 10.1 Å². The molecule has 2 N–H and O–H groups in total. The van der Waals surface area contributed by atoms with Gasteiger partial charge in [0.15, 0.2) is 11.0 Å². The Morgan fingerprint density at radius 1 is 1.41 bits per heavy atom. The van der Waals surface area contributed by atoms with Gasteiger partial charge in [0.25, 0.3) is 0 Å². The van der Waals surface area contributed by atoms with Gasteiger partial charge in [-0.1, -0.05) is 11.8 Å². The summed E-state index contributed by atoms with van der Waals surface area (Å²) in [5, 5.41) is 12.9. The van der Waals surface area contributed by atoms with Gasteiger partial charge < -0.3 is 14.3 Å². The lowest BCUT2D eigenvalue weighted by Crippen LogP contribution is -2.41. The maximum Gasteiger partial charge on any atom is 0.321 e. The van der Waals surface area contributed by atoms with Crippen molar-refractivity contribution in [3.8, 4) is 11.4 Å². The van der Waals surface area contributed by atoms with E-state index in [1.54, 1.807) is 17.8 Å². The highest BCUT2D eigenvalue weighted by Crippen LogP contribution is 2.27. The Morgan fingerprint density at radius 3 is 2.73 bits per heavy atom. The highest BCUT2D eigenvalue weighted by Gasteiger charge is 2.21. The van der Waals surface area contributed by atoms with Crippen molar-refractivity contribution >= 4 is 23.7 Å². The van der Waals surface area contributed by atoms with Crippen LogP contribution in [0.2, 0.25) is 0 Å². The first-order chi connectivity index (χ1) is 10.4. The summed E-state index contributed by atoms with van der Waals surface area (Å²) in [5.41, 5.74) is 0.851. The Kier molecular flexibility index (Phi) is 4.86. The zero-order valence-electron chi connectivity index (χ0n) is 12.7. The Morgan fingerprint density at radius 2 is 2.14 bits per heavy atom. The van der Waals surface area contributed by atoms with E-state index < -0.39 is 17.2 Å². The van der Waals surface area contributed by atoms with E-state index in [0.29, 0.717) is 11.0 Å². The van der Waals surface area contributed by atoms with Crippen LogP contribution >= 0.6 is 11.8 Å². The second-order valence-corrected chi connectivity index (χ2v) is 5.89. The predicted octanol–water partition coefficient (Wildman–Crippen LogP) is 1.32. The number of imide groups is 1. The fourth-order valence-corrected chi connectivity index (χ4v) is 2.57. The minimum atomic E-state index is -0.537. The monoisotopic (exact) mass is 323 g/mol. The van der Waals surface area contributed by atoms with E-state index in [-0.39, 0.29) is 0 Å². The molecule has 2 heterocycles. The molecule has 0 bridgehead atoms. The summed E-state index contributed by atoms with van der Waals surface area (Å²) in [6.45, 7) is 3.54. The van der Waals surface area contributed by atoms with Crippen molar-refractivity contribution in [1.29, 1.82) is 0 Å². The number of nitrogens with one attached hydrogen (secondary N) is 2. The number of urea groups is 1. The van der Waals surface area contributed by atoms with E-state index in [9.17, 15) is 9.59 Å². The first-order valence-electron chi connectivity index (χ1n) is 6.57. The number of carbonyl (C=O) groups is 2. The molecule has 0 aliphatic heterocycles. The minimum Gasteiger partial charge on any atom is -0.469 e. The van der Waals surface area contributed by atoms with E-state index in [2.05, 4.69) is 20.8 Å². The normalized spacial score (nSPS) is 12.0. The fourth-order valence-electron chi connectivity index (χ4n) is 1.76. The summed E-state index contributed by atoms with van der Waals surface area (Å²) >= 11 is 1.22. The molecule has 0 fully saturated rings. The van der Waals surface area contributed by atoms with E-state index >= 15 is 0 Å². The highest BCUT2D eigenvalue weighted by molar-refractivity contribution is 8.00. The van der Waals surface area contributed by atoms with Gasteiger partial charge in [-0.25, -0.2) is 4.79 Å². The second-order valence-electron chi connectivity index (χ2n) is 4.58. The van der Waals surface area contributed by atoms with Crippen LogP contribution in [0.3, 0.4) is 0 Å². The van der Waals surface area contributed by atoms with Crippen LogP contribution < -0.4 is 10.6 Å². The van der Waals surface area contributed by atoms with E-state index in [1.807, 2.05) is 20.0 Å². The molecule has 0 spiro atoms. The third-order valence-corrected chi connectivity index (χ3v) is 4.18. The molecule has 8 nitrogen and oxygen atoms in total. The molecule has 0 unspecified atom stereocenters. The van der Waals surface area contributed by atoms with Gasteiger partial charge in [0.2, 0.25) is 5.91 Å². The van der Waals surface area contributed by atoms with E-state index in [4.69, 9.17) is 4.42 Å². The number of amides is 3. The summed E-state index contributed by atoms with van der Waals surface area (Å²) in [7, 11) is 3.26. The molecule has 2 aromatic rings. The zero-order valence-corrected chi connectivity index (χ0v) is 13.5. The summed E-state index contributed by atoms with van der Waals surface area (Å²) in [6.07, 6.45) is 1.59. The predicted molar refractivity (Wildman–Crippen MR) is 81.4 cm³/mol. The lowest BCUT2D eigenvalue weighted by atomic mass is 10.2. The molecule has 0 aromatic carbocycles. The molecular weight excluding hydrogens is 306 g/mol. The average Bonchev–Trinajstić information content (AvgIpc) is 3.05. The Hall–Kier alpha value is -2.29. The molecule has 9 heteroatoms. The van der Waals surface area contributed by atoms with Gasteiger partial charge in [-0.15, -0.1) is 10.2 Å². The van der Waals surface area contributed by atoms with Crippen molar-refractivity contribution in [3.63, 3.8) is 0 Å². The molecule has 3 amide bonds. The van der Waals surface area contributed by atoms with Crippen molar-refractivity contribution in [2.45, 2.75) is 24.3 Å². The van der Waals surface area contributed by atoms with Crippen LogP contribution in [0.1, 0.15) is 12.7 Å². The topological polar surface area (TPSA) is 102 Å². The lowest BCUT2D eigenvalue weighted by Gasteiger charge is -2.10. The van der Waals surface area contributed by atoms with Crippen molar-refractivity contribution in [3.05, 3.63) is 18.1 Å². The summed E-state index contributed by atoms with van der Waals surface area (Å²) in [6, 6.07) is 1.28. The Bertz CT molecular complexity index is 694. The van der Waals surface area contributed by atoms with Crippen LogP contribution in [-0.4, -0.2) is 39.0 Å². The third kappa shape index (κ3) is 3.30. The second kappa shape index (κ2) is 6.65. The first kappa shape index (κ1) is 16.1. The van der Waals surface area contributed by atoms with Gasteiger partial charge in [-0.2, -0.15) is 0 Å². The number of rotatable bonds is 4. The van der Waals surface area contributed by atoms with E-state index in [0.717, 1.165) is 11.3 Å². The molecule has 0 aliphatic rings. The zero-order chi connectivity index (χ0) is 16.3. The number of furan rings is 1. The molecule has 0 saturated carbocycles. The fraction of sp³-hybridized carbons (Fsp3) is 0.385. The summed E-state index contributed by atoms with van der Waals surface area (Å²) in [5.74, 6) is 1.01. The number of aromatic nitrogens is 3. The molecule has 0 saturated heterocycles. The number of aryl methyl sites for hydroxylation is 1. The van der Waals surface area contributed by atoms with Gasteiger partial charge in [0, 0.05) is 14.1 Å². The van der Waals surface area contributed by atoms with Gasteiger partial charge >= 0.3 is 6.03 Å². The Balaban J connectivity index is 2.11. The van der Waals surface area contributed by atoms with Crippen molar-refractivity contribution in [2.24, 2.45) is 7.05 Å². The Labute approximate surface area is 131 Å². The smallest absolute Gasteiger partial charge is 0.321 e. The number of nitrogens with zero attached hydrogens (tertiary/aromatic N) is 3. The van der Waals surface area contributed by atoms with Gasteiger partial charge in [0.1, 0.15) is 5.76 Å². The standard InChI is InChI=1S/C13H17N5O3S/c1-7-9(5-6-21-7)10-16-17-13(18(10)4)22-8(2)11(19)15-12(20)14-3/h5-6,8H,1-4H3,(H2,14,15,19,20)/t8-/m0/s1. The van der Waals surface area contributed by atoms with Crippen LogP contribution in [0, 0.1) is 6.92 Å². The number of carbonyl (C=O) groups excluding carboxylic acids is 2. The van der Waals surface area contributed by atoms with Gasteiger partial charge in [0.05, 0.1) is 17.1 Å². The molecule has 2 aromatic heterocycles. The molecule has 0 aliphatic carbocycles. The quantitative estimate of drug-likeness (QED) is 0.823. The largest absolute Gasteiger partial charge is 0.469 e. The number of hydrogen-bond donors (Lipinski definition) is 2. The molecular formula is C13H17N5O3S. The summed E-state index contributed by atoms with van der Waals surface area (Å²) in [4.78, 5) is 23.0.